The van der Waals surface area contributed by atoms with Gasteiger partial charge < -0.3 is 5.11 Å². The fraction of sp³-hybridized carbons (Fsp3) is 0.538. The third kappa shape index (κ3) is 2.86. The Morgan fingerprint density at radius 2 is 2.22 bits per heavy atom. The standard InChI is InChI=1S/C13H18N2O3/c16-9-2-1-7-14-8-6-12-11(10-14)4-3-5-13(12)15(17)18/h3-5,16H,1-2,6-10H2. The van der Waals surface area contributed by atoms with Gasteiger partial charge in [-0.1, -0.05) is 12.1 Å². The minimum Gasteiger partial charge on any atom is -0.396 e. The first-order valence-corrected chi connectivity index (χ1v) is 6.30. The molecule has 98 valence electrons. The number of rotatable bonds is 5. The van der Waals surface area contributed by atoms with E-state index in [0.29, 0.717) is 0 Å². The number of nitro groups is 1. The molecule has 0 fully saturated rings. The van der Waals surface area contributed by atoms with Crippen LogP contribution in [0.2, 0.25) is 0 Å². The lowest BCUT2D eigenvalue weighted by molar-refractivity contribution is -0.385. The zero-order chi connectivity index (χ0) is 13.0. The van der Waals surface area contributed by atoms with Gasteiger partial charge in [0, 0.05) is 31.3 Å². The van der Waals surface area contributed by atoms with Crippen LogP contribution >= 0.6 is 0 Å². The Labute approximate surface area is 106 Å². The average Bonchev–Trinajstić information content (AvgIpc) is 2.38. The van der Waals surface area contributed by atoms with Crippen molar-refractivity contribution in [2.24, 2.45) is 0 Å². The maximum Gasteiger partial charge on any atom is 0.272 e. The summed E-state index contributed by atoms with van der Waals surface area (Å²) in [6.07, 6.45) is 2.53. The van der Waals surface area contributed by atoms with Crippen molar-refractivity contribution in [2.45, 2.75) is 25.8 Å². The van der Waals surface area contributed by atoms with Gasteiger partial charge in [-0.05, 0) is 31.4 Å². The molecule has 1 aliphatic rings. The van der Waals surface area contributed by atoms with Gasteiger partial charge in [0.2, 0.25) is 0 Å². The van der Waals surface area contributed by atoms with Gasteiger partial charge in [0.1, 0.15) is 0 Å². The Bertz CT molecular complexity index is 434. The first kappa shape index (κ1) is 13.0. The van der Waals surface area contributed by atoms with Gasteiger partial charge in [0.25, 0.3) is 5.69 Å². The van der Waals surface area contributed by atoms with Crippen LogP contribution in [-0.2, 0) is 13.0 Å². The summed E-state index contributed by atoms with van der Waals surface area (Å²) in [6.45, 7) is 2.82. The highest BCUT2D eigenvalue weighted by Gasteiger charge is 2.23. The SMILES string of the molecule is O=[N+]([O-])c1cccc2c1CCN(CCCCO)C2. The molecular weight excluding hydrogens is 232 g/mol. The Kier molecular flexibility index (Phi) is 4.28. The van der Waals surface area contributed by atoms with Crippen LogP contribution in [0.25, 0.3) is 0 Å². The van der Waals surface area contributed by atoms with Crippen molar-refractivity contribution >= 4 is 5.69 Å². The minimum absolute atomic E-state index is 0.232. The summed E-state index contributed by atoms with van der Waals surface area (Å²) in [5.41, 5.74) is 2.21. The molecule has 1 aliphatic heterocycles. The number of aliphatic hydroxyl groups is 1. The lowest BCUT2D eigenvalue weighted by atomic mass is 9.98. The Balaban J connectivity index is 2.06. The van der Waals surface area contributed by atoms with Crippen molar-refractivity contribution in [3.8, 4) is 0 Å². The second-order valence-corrected chi connectivity index (χ2v) is 4.63. The van der Waals surface area contributed by atoms with Gasteiger partial charge in [-0.25, -0.2) is 0 Å². The van der Waals surface area contributed by atoms with Crippen LogP contribution in [0.1, 0.15) is 24.0 Å². The summed E-state index contributed by atoms with van der Waals surface area (Å²) in [5, 5.41) is 19.7. The molecule has 5 heteroatoms. The third-order valence-corrected chi connectivity index (χ3v) is 3.40. The van der Waals surface area contributed by atoms with E-state index in [1.165, 1.54) is 0 Å². The molecule has 0 saturated heterocycles. The fourth-order valence-corrected chi connectivity index (χ4v) is 2.46. The van der Waals surface area contributed by atoms with Crippen LogP contribution in [0.15, 0.2) is 18.2 Å². The highest BCUT2D eigenvalue weighted by atomic mass is 16.6. The number of unbranched alkanes of at least 4 members (excludes halogenated alkanes) is 1. The molecule has 18 heavy (non-hydrogen) atoms. The van der Waals surface area contributed by atoms with Crippen LogP contribution in [0.4, 0.5) is 5.69 Å². The third-order valence-electron chi connectivity index (χ3n) is 3.40. The van der Waals surface area contributed by atoms with Crippen LogP contribution in [0, 0.1) is 10.1 Å². The molecule has 0 bridgehead atoms. The van der Waals surface area contributed by atoms with Crippen molar-refractivity contribution in [3.63, 3.8) is 0 Å². The second-order valence-electron chi connectivity index (χ2n) is 4.63. The molecule has 0 spiro atoms. The van der Waals surface area contributed by atoms with Gasteiger partial charge in [0.15, 0.2) is 0 Å². The number of hydrogen-bond donors (Lipinski definition) is 1. The molecule has 0 radical (unpaired) electrons. The predicted octanol–water partition coefficient (Wildman–Crippen LogP) is 1.73. The van der Waals surface area contributed by atoms with E-state index in [1.807, 2.05) is 6.07 Å². The first-order chi connectivity index (χ1) is 8.72. The van der Waals surface area contributed by atoms with Crippen LogP contribution in [0.3, 0.4) is 0 Å². The summed E-state index contributed by atoms with van der Waals surface area (Å²) in [7, 11) is 0. The van der Waals surface area contributed by atoms with Crippen molar-refractivity contribution in [2.75, 3.05) is 19.7 Å². The Hall–Kier alpha value is -1.46. The molecule has 1 heterocycles. The number of nitrogens with zero attached hydrogens (tertiary/aromatic N) is 2. The van der Waals surface area contributed by atoms with E-state index >= 15 is 0 Å². The molecule has 5 nitrogen and oxygen atoms in total. The van der Waals surface area contributed by atoms with E-state index in [0.717, 1.165) is 50.0 Å². The minimum atomic E-state index is -0.291. The highest BCUT2D eigenvalue weighted by molar-refractivity contribution is 5.46. The molecule has 1 aromatic carbocycles. The molecule has 0 amide bonds. The molecule has 0 aromatic heterocycles. The summed E-state index contributed by atoms with van der Waals surface area (Å²) in [5.74, 6) is 0. The van der Waals surface area contributed by atoms with Gasteiger partial charge >= 0.3 is 0 Å². The van der Waals surface area contributed by atoms with Gasteiger partial charge in [-0.2, -0.15) is 0 Å². The molecule has 1 aromatic rings. The van der Waals surface area contributed by atoms with E-state index in [-0.39, 0.29) is 17.2 Å². The number of fused-ring (bicyclic) bond motifs is 1. The maximum atomic E-state index is 10.9. The van der Waals surface area contributed by atoms with E-state index in [9.17, 15) is 10.1 Å². The van der Waals surface area contributed by atoms with E-state index in [4.69, 9.17) is 5.11 Å². The smallest absolute Gasteiger partial charge is 0.272 e. The quantitative estimate of drug-likeness (QED) is 0.491. The monoisotopic (exact) mass is 250 g/mol. The van der Waals surface area contributed by atoms with Crippen LogP contribution < -0.4 is 0 Å². The van der Waals surface area contributed by atoms with Crippen molar-refractivity contribution in [1.82, 2.24) is 4.90 Å². The molecule has 0 unspecified atom stereocenters. The highest BCUT2D eigenvalue weighted by Crippen LogP contribution is 2.27. The maximum absolute atomic E-state index is 10.9. The number of aliphatic hydroxyl groups excluding tert-OH is 1. The summed E-state index contributed by atoms with van der Waals surface area (Å²) in [6, 6.07) is 5.31. The molecule has 0 atom stereocenters. The average molecular weight is 250 g/mol. The summed E-state index contributed by atoms with van der Waals surface area (Å²) < 4.78 is 0. The largest absolute Gasteiger partial charge is 0.396 e. The molecule has 0 aliphatic carbocycles. The fourth-order valence-electron chi connectivity index (χ4n) is 2.46. The lowest BCUT2D eigenvalue weighted by Crippen LogP contribution is -2.31. The number of benzene rings is 1. The lowest BCUT2D eigenvalue weighted by Gasteiger charge is -2.28. The van der Waals surface area contributed by atoms with Crippen molar-refractivity contribution < 1.29 is 10.0 Å². The second kappa shape index (κ2) is 5.93. The molecular formula is C13H18N2O3. The van der Waals surface area contributed by atoms with Crippen LogP contribution in [-0.4, -0.2) is 34.6 Å². The van der Waals surface area contributed by atoms with Gasteiger partial charge in [-0.3, -0.25) is 15.0 Å². The first-order valence-electron chi connectivity index (χ1n) is 6.30. The van der Waals surface area contributed by atoms with E-state index in [2.05, 4.69) is 4.90 Å². The van der Waals surface area contributed by atoms with Crippen molar-refractivity contribution in [1.29, 1.82) is 0 Å². The zero-order valence-electron chi connectivity index (χ0n) is 10.3. The predicted molar refractivity (Wildman–Crippen MR) is 68.4 cm³/mol. The topological polar surface area (TPSA) is 66.6 Å². The summed E-state index contributed by atoms with van der Waals surface area (Å²) >= 11 is 0. The van der Waals surface area contributed by atoms with E-state index in [1.54, 1.807) is 12.1 Å². The zero-order valence-corrected chi connectivity index (χ0v) is 10.3. The Morgan fingerprint density at radius 1 is 1.39 bits per heavy atom. The number of hydrogen-bond acceptors (Lipinski definition) is 4. The summed E-state index contributed by atoms with van der Waals surface area (Å²) in [4.78, 5) is 12.9. The molecule has 1 N–H and O–H groups in total. The van der Waals surface area contributed by atoms with Gasteiger partial charge in [-0.15, -0.1) is 0 Å². The van der Waals surface area contributed by atoms with E-state index < -0.39 is 0 Å². The molecule has 2 rings (SSSR count). The molecule has 0 saturated carbocycles. The Morgan fingerprint density at radius 3 is 2.94 bits per heavy atom. The number of nitro benzene ring substituents is 1. The van der Waals surface area contributed by atoms with Crippen LogP contribution in [0.5, 0.6) is 0 Å². The van der Waals surface area contributed by atoms with Gasteiger partial charge in [0.05, 0.1) is 4.92 Å². The normalized spacial score (nSPS) is 15.4. The van der Waals surface area contributed by atoms with Crippen molar-refractivity contribution in [3.05, 3.63) is 39.4 Å².